The Morgan fingerprint density at radius 3 is 3.00 bits per heavy atom. The largest absolute Gasteiger partial charge is 0.449 e. The molecular formula is C10H14O5. The summed E-state index contributed by atoms with van der Waals surface area (Å²) in [6, 6.07) is 0. The number of hydrogen-bond acceptors (Lipinski definition) is 5. The average molecular weight is 214 g/mol. The van der Waals surface area contributed by atoms with Gasteiger partial charge in [0.15, 0.2) is 12.4 Å². The fraction of sp³-hybridized carbons (Fsp3) is 0.500. The highest BCUT2D eigenvalue weighted by molar-refractivity contribution is 5.84. The van der Waals surface area contributed by atoms with Crippen LogP contribution in [0.3, 0.4) is 0 Å². The molecule has 1 rings (SSSR count). The number of carbonyl (C=O) groups excluding carboxylic acids is 1. The smallest absolute Gasteiger partial charge is 0.331 e. The van der Waals surface area contributed by atoms with Crippen LogP contribution in [0.1, 0.15) is 0 Å². The van der Waals surface area contributed by atoms with E-state index in [1.807, 2.05) is 0 Å². The lowest BCUT2D eigenvalue weighted by Gasteiger charge is -2.19. The van der Waals surface area contributed by atoms with Crippen molar-refractivity contribution < 1.29 is 24.1 Å². The zero-order valence-electron chi connectivity index (χ0n) is 8.46. The van der Waals surface area contributed by atoms with Crippen LogP contribution in [0.25, 0.3) is 0 Å². The van der Waals surface area contributed by atoms with Gasteiger partial charge < -0.3 is 19.3 Å². The van der Waals surface area contributed by atoms with Gasteiger partial charge in [-0.25, -0.2) is 4.79 Å². The van der Waals surface area contributed by atoms with E-state index >= 15 is 0 Å². The second kappa shape index (κ2) is 6.34. The maximum Gasteiger partial charge on any atom is 0.331 e. The van der Waals surface area contributed by atoms with Gasteiger partial charge in [0.2, 0.25) is 0 Å². The van der Waals surface area contributed by atoms with Crippen LogP contribution in [0.5, 0.6) is 0 Å². The minimum atomic E-state index is -0.615. The Balaban J connectivity index is 2.33. The summed E-state index contributed by atoms with van der Waals surface area (Å²) < 4.78 is 15.2. The van der Waals surface area contributed by atoms with Gasteiger partial charge in [0.25, 0.3) is 0 Å². The molecule has 1 aliphatic rings. The molecular weight excluding hydrogens is 200 g/mol. The van der Waals surface area contributed by atoms with E-state index in [-0.39, 0.29) is 6.61 Å². The molecule has 5 heteroatoms. The first-order valence-corrected chi connectivity index (χ1v) is 4.57. The molecule has 0 saturated carbocycles. The van der Waals surface area contributed by atoms with E-state index in [1.54, 1.807) is 18.2 Å². The molecule has 1 aliphatic heterocycles. The molecule has 5 nitrogen and oxygen atoms in total. The summed E-state index contributed by atoms with van der Waals surface area (Å²) in [5.74, 6) is -0.392. The number of cyclic esters (lactones) is 1. The van der Waals surface area contributed by atoms with Crippen molar-refractivity contribution in [1.29, 1.82) is 0 Å². The highest BCUT2D eigenvalue weighted by atomic mass is 16.7. The molecule has 15 heavy (non-hydrogen) atoms. The van der Waals surface area contributed by atoms with Crippen molar-refractivity contribution in [3.8, 4) is 0 Å². The fourth-order valence-electron chi connectivity index (χ4n) is 1.12. The summed E-state index contributed by atoms with van der Waals surface area (Å²) in [5.41, 5.74) is 0. The molecule has 0 aromatic carbocycles. The second-order valence-electron chi connectivity index (χ2n) is 2.85. The first-order chi connectivity index (χ1) is 7.27. The molecule has 0 radical (unpaired) electrons. The predicted molar refractivity (Wildman–Crippen MR) is 52.0 cm³/mol. The van der Waals surface area contributed by atoms with Crippen LogP contribution in [0.2, 0.25) is 0 Å². The maximum absolute atomic E-state index is 10.8. The molecule has 1 N–H and O–H groups in total. The third-order valence-corrected chi connectivity index (χ3v) is 1.80. The van der Waals surface area contributed by atoms with Gasteiger partial charge >= 0.3 is 5.97 Å². The van der Waals surface area contributed by atoms with Gasteiger partial charge in [0.1, 0.15) is 0 Å². The van der Waals surface area contributed by atoms with Crippen molar-refractivity contribution in [3.05, 3.63) is 24.3 Å². The van der Waals surface area contributed by atoms with Crippen LogP contribution in [0.4, 0.5) is 0 Å². The summed E-state index contributed by atoms with van der Waals surface area (Å²) in [4.78, 5) is 10.8. The molecule has 0 amide bonds. The number of hydrogen-bond donors (Lipinski definition) is 1. The average Bonchev–Trinajstić information content (AvgIpc) is 2.65. The summed E-state index contributed by atoms with van der Waals surface area (Å²) >= 11 is 0. The van der Waals surface area contributed by atoms with E-state index in [2.05, 4.69) is 0 Å². The van der Waals surface area contributed by atoms with Crippen LogP contribution in [-0.4, -0.2) is 43.8 Å². The van der Waals surface area contributed by atoms with Gasteiger partial charge in [-0.05, 0) is 6.08 Å². The molecule has 84 valence electrons. The molecule has 0 spiro atoms. The fourth-order valence-corrected chi connectivity index (χ4v) is 1.12. The Bertz CT molecular complexity index is 259. The summed E-state index contributed by atoms with van der Waals surface area (Å²) in [5, 5.41) is 8.48. The lowest BCUT2D eigenvalue weighted by molar-refractivity contribution is -0.179. The van der Waals surface area contributed by atoms with Gasteiger partial charge in [-0.3, -0.25) is 0 Å². The number of aliphatic hydroxyl groups excluding tert-OH is 1. The van der Waals surface area contributed by atoms with Crippen molar-refractivity contribution in [2.45, 2.75) is 12.4 Å². The van der Waals surface area contributed by atoms with E-state index in [1.165, 1.54) is 13.2 Å². The number of carbonyl (C=O) groups is 1. The van der Waals surface area contributed by atoms with E-state index in [4.69, 9.17) is 19.3 Å². The molecule has 0 saturated heterocycles. The SMILES string of the molecule is COC(OC/C=C\CO)C1C=CC(=O)O1. The Morgan fingerprint density at radius 2 is 2.47 bits per heavy atom. The van der Waals surface area contributed by atoms with Crippen molar-refractivity contribution in [2.75, 3.05) is 20.3 Å². The second-order valence-corrected chi connectivity index (χ2v) is 2.85. The Hall–Kier alpha value is -1.17. The topological polar surface area (TPSA) is 65.0 Å². The van der Waals surface area contributed by atoms with Gasteiger partial charge in [0, 0.05) is 13.2 Å². The van der Waals surface area contributed by atoms with Gasteiger partial charge in [-0.2, -0.15) is 0 Å². The highest BCUT2D eigenvalue weighted by Crippen LogP contribution is 2.13. The lowest BCUT2D eigenvalue weighted by atomic mass is 10.3. The van der Waals surface area contributed by atoms with Crippen molar-refractivity contribution in [2.24, 2.45) is 0 Å². The van der Waals surface area contributed by atoms with Crippen molar-refractivity contribution >= 4 is 5.97 Å². The summed E-state index contributed by atoms with van der Waals surface area (Å²) in [6.45, 7) is 0.264. The predicted octanol–water partition coefficient (Wildman–Crippen LogP) is 0.00560. The Labute approximate surface area is 87.9 Å². The molecule has 0 bridgehead atoms. The number of ether oxygens (including phenoxy) is 3. The Kier molecular flexibility index (Phi) is 5.03. The number of rotatable bonds is 6. The van der Waals surface area contributed by atoms with E-state index in [0.29, 0.717) is 6.61 Å². The lowest BCUT2D eigenvalue weighted by Crippen LogP contribution is -2.30. The number of methoxy groups -OCH3 is 1. The van der Waals surface area contributed by atoms with Gasteiger partial charge in [0.05, 0.1) is 13.2 Å². The van der Waals surface area contributed by atoms with Crippen molar-refractivity contribution in [1.82, 2.24) is 0 Å². The van der Waals surface area contributed by atoms with Crippen LogP contribution in [0.15, 0.2) is 24.3 Å². The maximum atomic E-state index is 10.8. The number of aliphatic hydroxyl groups is 1. The molecule has 1 heterocycles. The monoisotopic (exact) mass is 214 g/mol. The van der Waals surface area contributed by atoms with E-state index < -0.39 is 18.4 Å². The third kappa shape index (κ3) is 3.83. The van der Waals surface area contributed by atoms with Gasteiger partial charge in [-0.15, -0.1) is 0 Å². The molecule has 0 fully saturated rings. The highest BCUT2D eigenvalue weighted by Gasteiger charge is 2.26. The standard InChI is InChI=1S/C10H14O5/c1-13-10(14-7-3-2-6-11)8-4-5-9(12)15-8/h2-5,8,10-11H,6-7H2,1H3/b3-2-. The zero-order chi connectivity index (χ0) is 11.1. The van der Waals surface area contributed by atoms with Crippen molar-refractivity contribution in [3.63, 3.8) is 0 Å². The third-order valence-electron chi connectivity index (χ3n) is 1.80. The summed E-state index contributed by atoms with van der Waals surface area (Å²) in [7, 11) is 1.47. The first kappa shape index (κ1) is 11.9. The summed E-state index contributed by atoms with van der Waals surface area (Å²) in [6.07, 6.45) is 5.03. The zero-order valence-corrected chi connectivity index (χ0v) is 8.46. The molecule has 0 aliphatic carbocycles. The minimum absolute atomic E-state index is 0.0284. The van der Waals surface area contributed by atoms with Gasteiger partial charge in [-0.1, -0.05) is 12.2 Å². The number of esters is 1. The van der Waals surface area contributed by atoms with Crippen LogP contribution in [-0.2, 0) is 19.0 Å². The molecule has 2 atom stereocenters. The minimum Gasteiger partial charge on any atom is -0.449 e. The Morgan fingerprint density at radius 1 is 1.67 bits per heavy atom. The molecule has 2 unspecified atom stereocenters. The van der Waals surface area contributed by atoms with E-state index in [9.17, 15) is 4.79 Å². The van der Waals surface area contributed by atoms with E-state index in [0.717, 1.165) is 0 Å². The normalized spacial score (nSPS) is 22.3. The van der Waals surface area contributed by atoms with Crippen LogP contribution < -0.4 is 0 Å². The molecule has 0 aromatic heterocycles. The van der Waals surface area contributed by atoms with Crippen LogP contribution in [0, 0.1) is 0 Å². The van der Waals surface area contributed by atoms with Crippen LogP contribution >= 0.6 is 0 Å². The quantitative estimate of drug-likeness (QED) is 0.383. The first-order valence-electron chi connectivity index (χ1n) is 4.57. The molecule has 0 aromatic rings.